The van der Waals surface area contributed by atoms with Crippen molar-refractivity contribution < 1.29 is 8.78 Å². The van der Waals surface area contributed by atoms with Gasteiger partial charge < -0.3 is 4.90 Å². The smallest absolute Gasteiger partial charge is 0.275 e. The van der Waals surface area contributed by atoms with Crippen LogP contribution in [0.1, 0.15) is 42.4 Å². The van der Waals surface area contributed by atoms with Gasteiger partial charge >= 0.3 is 0 Å². The van der Waals surface area contributed by atoms with Gasteiger partial charge in [-0.2, -0.15) is 10.2 Å². The van der Waals surface area contributed by atoms with Crippen LogP contribution in [0.5, 0.6) is 0 Å². The first-order valence-corrected chi connectivity index (χ1v) is 11.8. The highest BCUT2D eigenvalue weighted by molar-refractivity contribution is 6.35. The number of benzene rings is 1. The van der Waals surface area contributed by atoms with Gasteiger partial charge in [0.15, 0.2) is 0 Å². The third-order valence-corrected chi connectivity index (χ3v) is 7.65. The number of hydrogen-bond donors (Lipinski definition) is 1. The number of aromatic nitrogens is 4. The molecule has 1 saturated carbocycles. The Morgan fingerprint density at radius 3 is 2.71 bits per heavy atom. The topological polar surface area (TPSA) is 83.9 Å². The second kappa shape index (κ2) is 8.85. The molecule has 7 nitrogen and oxygen atoms in total. The zero-order valence-corrected chi connectivity index (χ0v) is 19.6. The number of halogens is 3. The van der Waals surface area contributed by atoms with Gasteiger partial charge in [0.2, 0.25) is 0 Å². The van der Waals surface area contributed by atoms with Crippen LogP contribution in [0.25, 0.3) is 10.8 Å². The Hall–Kier alpha value is -2.65. The van der Waals surface area contributed by atoms with Crippen LogP contribution in [0.2, 0.25) is 5.02 Å². The van der Waals surface area contributed by atoms with Crippen LogP contribution in [-0.4, -0.2) is 44.5 Å². The molecular formula is C24H26ClF2N5O2. The molecule has 0 amide bonds. The number of nitrogens with one attached hydrogen (secondary N) is 1. The van der Waals surface area contributed by atoms with E-state index in [1.54, 1.807) is 19.3 Å². The molecule has 1 N–H and O–H groups in total. The molecular weight excluding hydrogens is 464 g/mol. The average Bonchev–Trinajstić information content (AvgIpc) is 2.74. The lowest BCUT2D eigenvalue weighted by Gasteiger charge is -2.59. The predicted octanol–water partition coefficient (Wildman–Crippen LogP) is 3.50. The highest BCUT2D eigenvalue weighted by atomic mass is 35.5. The summed E-state index contributed by atoms with van der Waals surface area (Å²) in [6.07, 6.45) is 4.57. The van der Waals surface area contributed by atoms with Gasteiger partial charge in [-0.25, -0.2) is 18.6 Å². The van der Waals surface area contributed by atoms with Crippen LogP contribution in [0.15, 0.2) is 34.1 Å². The van der Waals surface area contributed by atoms with Crippen molar-refractivity contribution in [3.8, 4) is 0 Å². The molecule has 0 atom stereocenters. The summed E-state index contributed by atoms with van der Waals surface area (Å²) in [5.74, 6) is 0.561. The summed E-state index contributed by atoms with van der Waals surface area (Å²) in [5.41, 5.74) is 0.348. The molecule has 34 heavy (non-hydrogen) atoms. The Bertz CT molecular complexity index is 1340. The molecule has 2 aliphatic rings. The summed E-state index contributed by atoms with van der Waals surface area (Å²) >= 11 is 6.29. The van der Waals surface area contributed by atoms with E-state index in [2.05, 4.69) is 20.2 Å². The average molecular weight is 490 g/mol. The molecule has 1 saturated heterocycles. The lowest BCUT2D eigenvalue weighted by atomic mass is 9.56. The van der Waals surface area contributed by atoms with Crippen LogP contribution in [0, 0.1) is 11.3 Å². The SMILES string of the molecule is Cn1ncc2c(CC3CC4(C3)CN(CCCc3cn[nH]c(=O)c3C(F)F)C4)ccc(Cl)c2c1=O. The molecule has 180 valence electrons. The van der Waals surface area contributed by atoms with Gasteiger partial charge in [-0.05, 0) is 67.2 Å². The van der Waals surface area contributed by atoms with Crippen molar-refractivity contribution in [1.29, 1.82) is 0 Å². The fraction of sp³-hybridized carbons (Fsp3) is 0.500. The van der Waals surface area contributed by atoms with Crippen LogP contribution in [-0.2, 0) is 19.9 Å². The molecule has 10 heteroatoms. The maximum atomic E-state index is 13.2. The van der Waals surface area contributed by atoms with Crippen molar-refractivity contribution in [3.63, 3.8) is 0 Å². The maximum absolute atomic E-state index is 13.2. The Morgan fingerprint density at radius 2 is 1.97 bits per heavy atom. The number of H-pyrrole nitrogens is 1. The van der Waals surface area contributed by atoms with Gasteiger partial charge in [0.25, 0.3) is 17.5 Å². The lowest BCUT2D eigenvalue weighted by Crippen LogP contribution is -2.62. The molecule has 2 aromatic heterocycles. The van der Waals surface area contributed by atoms with E-state index in [1.807, 2.05) is 6.07 Å². The van der Waals surface area contributed by atoms with Gasteiger partial charge in [-0.3, -0.25) is 9.59 Å². The predicted molar refractivity (Wildman–Crippen MR) is 125 cm³/mol. The van der Waals surface area contributed by atoms with Crippen molar-refractivity contribution in [2.75, 3.05) is 19.6 Å². The van der Waals surface area contributed by atoms with Crippen LogP contribution >= 0.6 is 11.6 Å². The minimum atomic E-state index is -2.79. The fourth-order valence-electron chi connectivity index (χ4n) is 5.85. The van der Waals surface area contributed by atoms with Gasteiger partial charge in [-0.15, -0.1) is 0 Å². The molecule has 1 aromatic carbocycles. The first-order valence-electron chi connectivity index (χ1n) is 11.5. The number of rotatable bonds is 7. The van der Waals surface area contributed by atoms with Crippen LogP contribution in [0.4, 0.5) is 8.78 Å². The van der Waals surface area contributed by atoms with Gasteiger partial charge in [0.05, 0.1) is 28.4 Å². The van der Waals surface area contributed by atoms with Crippen molar-refractivity contribution in [2.45, 2.75) is 38.5 Å². The molecule has 3 heterocycles. The molecule has 2 fully saturated rings. The number of aromatic amines is 1. The summed E-state index contributed by atoms with van der Waals surface area (Å²) in [4.78, 5) is 26.4. The standard InChI is InChI=1S/C24H26ClF2N5O2/c1-31-23(34)20-17(11-29-31)15(4-5-18(20)25)7-14-8-24(9-14)12-32(13-24)6-2-3-16-10-28-30-22(33)19(16)21(26)27/h4-5,10-11,14,21H,2-3,6-9,12-13H2,1H3,(H,30,33). The van der Waals surface area contributed by atoms with E-state index >= 15 is 0 Å². The molecule has 3 aromatic rings. The normalized spacial score (nSPS) is 17.9. The monoisotopic (exact) mass is 489 g/mol. The number of likely N-dealkylation sites (tertiary alicyclic amines) is 1. The third-order valence-electron chi connectivity index (χ3n) is 7.34. The van der Waals surface area contributed by atoms with Gasteiger partial charge in [0.1, 0.15) is 0 Å². The summed E-state index contributed by atoms with van der Waals surface area (Å²) in [7, 11) is 1.62. The molecule has 1 aliphatic carbocycles. The Balaban J connectivity index is 1.13. The molecule has 1 aliphatic heterocycles. The highest BCUT2D eigenvalue weighted by Crippen LogP contribution is 2.53. The minimum Gasteiger partial charge on any atom is -0.302 e. The van der Waals surface area contributed by atoms with E-state index in [-0.39, 0.29) is 5.56 Å². The van der Waals surface area contributed by atoms with Crippen LogP contribution in [0.3, 0.4) is 0 Å². The third kappa shape index (κ3) is 4.15. The summed E-state index contributed by atoms with van der Waals surface area (Å²) < 4.78 is 27.6. The number of aryl methyl sites for hydroxylation is 2. The van der Waals surface area contributed by atoms with E-state index < -0.39 is 17.5 Å². The van der Waals surface area contributed by atoms with Crippen molar-refractivity contribution in [3.05, 3.63) is 66.9 Å². The number of nitrogens with zero attached hydrogens (tertiary/aromatic N) is 4. The van der Waals surface area contributed by atoms with E-state index in [9.17, 15) is 18.4 Å². The van der Waals surface area contributed by atoms with Gasteiger partial charge in [-0.1, -0.05) is 17.7 Å². The molecule has 0 bridgehead atoms. The molecule has 0 unspecified atom stereocenters. The quantitative estimate of drug-likeness (QED) is 0.549. The lowest BCUT2D eigenvalue weighted by molar-refractivity contribution is -0.0936. The molecule has 1 spiro atoms. The van der Waals surface area contributed by atoms with E-state index in [4.69, 9.17) is 11.6 Å². The van der Waals surface area contributed by atoms with Gasteiger partial charge in [0, 0.05) is 25.5 Å². The second-order valence-electron chi connectivity index (χ2n) is 9.80. The zero-order valence-electron chi connectivity index (χ0n) is 18.9. The van der Waals surface area contributed by atoms with Crippen LogP contribution < -0.4 is 11.1 Å². The summed E-state index contributed by atoms with van der Waals surface area (Å²) in [5, 5.41) is 11.7. The van der Waals surface area contributed by atoms with E-state index in [0.29, 0.717) is 40.1 Å². The maximum Gasteiger partial charge on any atom is 0.275 e. The largest absolute Gasteiger partial charge is 0.302 e. The van der Waals surface area contributed by atoms with E-state index in [1.165, 1.54) is 10.9 Å². The zero-order chi connectivity index (χ0) is 24.0. The fourth-order valence-corrected chi connectivity index (χ4v) is 6.10. The molecule has 5 rings (SSSR count). The van der Waals surface area contributed by atoms with E-state index in [0.717, 1.165) is 49.8 Å². The number of fused-ring (bicyclic) bond motifs is 1. The first-order chi connectivity index (χ1) is 16.3. The van der Waals surface area contributed by atoms with Crippen molar-refractivity contribution in [2.24, 2.45) is 18.4 Å². The summed E-state index contributed by atoms with van der Waals surface area (Å²) in [6, 6.07) is 3.80. The number of hydrogen-bond acceptors (Lipinski definition) is 5. The summed E-state index contributed by atoms with van der Waals surface area (Å²) in [6.45, 7) is 2.85. The second-order valence-corrected chi connectivity index (χ2v) is 10.2. The Morgan fingerprint density at radius 1 is 1.21 bits per heavy atom. The van der Waals surface area contributed by atoms with Crippen molar-refractivity contribution in [1.82, 2.24) is 24.9 Å². The highest BCUT2D eigenvalue weighted by Gasteiger charge is 2.51. The first kappa shape index (κ1) is 23.1. The number of alkyl halides is 2. The molecule has 0 radical (unpaired) electrons. The van der Waals surface area contributed by atoms with Crippen molar-refractivity contribution >= 4 is 22.4 Å². The minimum absolute atomic E-state index is 0.180. The Kier molecular flexibility index (Phi) is 6.02. The Labute approximate surface area is 199 Å².